The van der Waals surface area contributed by atoms with Gasteiger partial charge in [-0.2, -0.15) is 0 Å². The molecule has 0 aliphatic carbocycles. The Morgan fingerprint density at radius 1 is 1.30 bits per heavy atom. The minimum Gasteiger partial charge on any atom is -0.480 e. The Labute approximate surface area is 123 Å². The third-order valence-corrected chi connectivity index (χ3v) is 3.56. The average molecular weight is 299 g/mol. The topological polar surface area (TPSA) is 53.0 Å². The fourth-order valence-electron chi connectivity index (χ4n) is 2.20. The number of anilines is 1. The van der Waals surface area contributed by atoms with Crippen molar-refractivity contribution in [1.29, 1.82) is 0 Å². The van der Waals surface area contributed by atoms with Crippen molar-refractivity contribution in [2.75, 3.05) is 50.8 Å². The van der Waals surface area contributed by atoms with Crippen molar-refractivity contribution in [3.63, 3.8) is 0 Å². The van der Waals surface area contributed by atoms with E-state index in [-0.39, 0.29) is 6.54 Å². The SMILES string of the molecule is O=C(O)CN(CCN1CCOCC1)c1ccc(Cl)cc1. The minimum absolute atomic E-state index is 0.00796. The van der Waals surface area contributed by atoms with Gasteiger partial charge in [-0.3, -0.25) is 9.69 Å². The quantitative estimate of drug-likeness (QED) is 0.864. The van der Waals surface area contributed by atoms with Gasteiger partial charge in [0.25, 0.3) is 0 Å². The van der Waals surface area contributed by atoms with Gasteiger partial charge in [-0.25, -0.2) is 0 Å². The van der Waals surface area contributed by atoms with Gasteiger partial charge in [0, 0.05) is 36.9 Å². The molecule has 6 heteroatoms. The number of carboxylic acid groups (broad SMARTS) is 1. The Bertz CT molecular complexity index is 433. The Morgan fingerprint density at radius 3 is 2.55 bits per heavy atom. The summed E-state index contributed by atoms with van der Waals surface area (Å²) in [4.78, 5) is 15.1. The van der Waals surface area contributed by atoms with Gasteiger partial charge in [0.2, 0.25) is 0 Å². The van der Waals surface area contributed by atoms with Crippen LogP contribution in [-0.4, -0.2) is 61.9 Å². The van der Waals surface area contributed by atoms with Crippen LogP contribution in [0.4, 0.5) is 5.69 Å². The third-order valence-electron chi connectivity index (χ3n) is 3.31. The summed E-state index contributed by atoms with van der Waals surface area (Å²) in [5.41, 5.74) is 0.880. The van der Waals surface area contributed by atoms with Gasteiger partial charge in [-0.15, -0.1) is 0 Å². The zero-order valence-corrected chi connectivity index (χ0v) is 12.1. The molecule has 1 aliphatic heterocycles. The molecule has 1 aromatic carbocycles. The number of aliphatic carboxylic acids is 1. The highest BCUT2D eigenvalue weighted by atomic mass is 35.5. The highest BCUT2D eigenvalue weighted by Gasteiger charge is 2.14. The maximum Gasteiger partial charge on any atom is 0.323 e. The summed E-state index contributed by atoms with van der Waals surface area (Å²) in [5, 5.41) is 9.69. The van der Waals surface area contributed by atoms with Crippen molar-refractivity contribution in [3.8, 4) is 0 Å². The van der Waals surface area contributed by atoms with E-state index in [1.54, 1.807) is 12.1 Å². The van der Waals surface area contributed by atoms with E-state index in [0.29, 0.717) is 11.6 Å². The summed E-state index contributed by atoms with van der Waals surface area (Å²) >= 11 is 5.86. The maximum absolute atomic E-state index is 11.0. The van der Waals surface area contributed by atoms with Crippen LogP contribution < -0.4 is 4.90 Å². The fraction of sp³-hybridized carbons (Fsp3) is 0.500. The van der Waals surface area contributed by atoms with Crippen molar-refractivity contribution in [1.82, 2.24) is 4.90 Å². The van der Waals surface area contributed by atoms with E-state index < -0.39 is 5.97 Å². The monoisotopic (exact) mass is 298 g/mol. The van der Waals surface area contributed by atoms with Gasteiger partial charge < -0.3 is 14.7 Å². The summed E-state index contributed by atoms with van der Waals surface area (Å²) < 4.78 is 5.30. The molecular weight excluding hydrogens is 280 g/mol. The molecule has 0 aromatic heterocycles. The number of nitrogens with zero attached hydrogens (tertiary/aromatic N) is 2. The molecule has 20 heavy (non-hydrogen) atoms. The first kappa shape index (κ1) is 15.1. The molecule has 0 saturated carbocycles. The Kier molecular flexibility index (Phi) is 5.64. The Morgan fingerprint density at radius 2 is 1.95 bits per heavy atom. The van der Waals surface area contributed by atoms with E-state index in [9.17, 15) is 4.79 Å². The fourth-order valence-corrected chi connectivity index (χ4v) is 2.33. The van der Waals surface area contributed by atoms with Gasteiger partial charge in [-0.1, -0.05) is 11.6 Å². The van der Waals surface area contributed by atoms with Crippen LogP contribution in [0.5, 0.6) is 0 Å². The molecule has 0 amide bonds. The summed E-state index contributed by atoms with van der Waals surface area (Å²) in [6.07, 6.45) is 0. The highest BCUT2D eigenvalue weighted by Crippen LogP contribution is 2.17. The molecule has 110 valence electrons. The van der Waals surface area contributed by atoms with E-state index in [0.717, 1.165) is 38.5 Å². The summed E-state index contributed by atoms with van der Waals surface area (Å²) in [7, 11) is 0. The van der Waals surface area contributed by atoms with Crippen LogP contribution >= 0.6 is 11.6 Å². The van der Waals surface area contributed by atoms with E-state index in [1.807, 2.05) is 17.0 Å². The second-order valence-electron chi connectivity index (χ2n) is 4.75. The number of halogens is 1. The summed E-state index contributed by atoms with van der Waals surface area (Å²) in [5.74, 6) is -0.832. The van der Waals surface area contributed by atoms with Gasteiger partial charge in [0.1, 0.15) is 6.54 Å². The number of ether oxygens (including phenoxy) is 1. The molecule has 0 unspecified atom stereocenters. The zero-order valence-electron chi connectivity index (χ0n) is 11.3. The van der Waals surface area contributed by atoms with Crippen LogP contribution in [0, 0.1) is 0 Å². The van der Waals surface area contributed by atoms with E-state index in [2.05, 4.69) is 4.90 Å². The number of hydrogen-bond donors (Lipinski definition) is 1. The van der Waals surface area contributed by atoms with E-state index in [1.165, 1.54) is 0 Å². The van der Waals surface area contributed by atoms with Crippen LogP contribution in [0.3, 0.4) is 0 Å². The first-order valence-electron chi connectivity index (χ1n) is 6.67. The van der Waals surface area contributed by atoms with Crippen LogP contribution in [0.25, 0.3) is 0 Å². The number of benzene rings is 1. The molecule has 1 N–H and O–H groups in total. The molecule has 1 saturated heterocycles. The Hall–Kier alpha value is -1.30. The largest absolute Gasteiger partial charge is 0.480 e. The molecule has 1 aliphatic rings. The van der Waals surface area contributed by atoms with Gasteiger partial charge in [0.05, 0.1) is 13.2 Å². The predicted octanol–water partition coefficient (Wildman–Crippen LogP) is 1.56. The molecule has 5 nitrogen and oxygen atoms in total. The standard InChI is InChI=1S/C14H19ClN2O3/c15-12-1-3-13(4-2-12)17(11-14(18)19)6-5-16-7-9-20-10-8-16/h1-4H,5-11H2,(H,18,19). The van der Waals surface area contributed by atoms with Crippen molar-refractivity contribution >= 4 is 23.3 Å². The van der Waals surface area contributed by atoms with Crippen molar-refractivity contribution < 1.29 is 14.6 Å². The maximum atomic E-state index is 11.0. The second-order valence-corrected chi connectivity index (χ2v) is 5.18. The van der Waals surface area contributed by atoms with Gasteiger partial charge in [-0.05, 0) is 24.3 Å². The van der Waals surface area contributed by atoms with Crippen LogP contribution in [0.1, 0.15) is 0 Å². The van der Waals surface area contributed by atoms with Crippen molar-refractivity contribution in [2.24, 2.45) is 0 Å². The predicted molar refractivity (Wildman–Crippen MR) is 78.6 cm³/mol. The van der Waals surface area contributed by atoms with Crippen LogP contribution in [-0.2, 0) is 9.53 Å². The molecule has 1 heterocycles. The normalized spacial score (nSPS) is 16.1. The Balaban J connectivity index is 1.95. The lowest BCUT2D eigenvalue weighted by Gasteiger charge is -2.30. The lowest BCUT2D eigenvalue weighted by molar-refractivity contribution is -0.135. The minimum atomic E-state index is -0.832. The number of hydrogen-bond acceptors (Lipinski definition) is 4. The first-order chi connectivity index (χ1) is 9.65. The number of carboxylic acids is 1. The molecule has 1 aromatic rings. The van der Waals surface area contributed by atoms with Gasteiger partial charge >= 0.3 is 5.97 Å². The lowest BCUT2D eigenvalue weighted by atomic mass is 10.2. The molecule has 0 spiro atoms. The smallest absolute Gasteiger partial charge is 0.323 e. The molecule has 0 atom stereocenters. The lowest BCUT2D eigenvalue weighted by Crippen LogP contribution is -2.42. The van der Waals surface area contributed by atoms with Crippen molar-refractivity contribution in [3.05, 3.63) is 29.3 Å². The zero-order chi connectivity index (χ0) is 14.4. The summed E-state index contributed by atoms with van der Waals surface area (Å²) in [6, 6.07) is 7.26. The third kappa shape index (κ3) is 4.67. The molecule has 2 rings (SSSR count). The summed E-state index contributed by atoms with van der Waals surface area (Å²) in [6.45, 7) is 4.81. The van der Waals surface area contributed by atoms with E-state index in [4.69, 9.17) is 21.4 Å². The molecule has 0 bridgehead atoms. The molecule has 1 fully saturated rings. The molecular formula is C14H19ClN2O3. The highest BCUT2D eigenvalue weighted by molar-refractivity contribution is 6.30. The number of carbonyl (C=O) groups is 1. The van der Waals surface area contributed by atoms with Crippen LogP contribution in [0.2, 0.25) is 5.02 Å². The molecule has 0 radical (unpaired) electrons. The number of rotatable bonds is 6. The first-order valence-corrected chi connectivity index (χ1v) is 7.05. The van der Waals surface area contributed by atoms with Crippen LogP contribution in [0.15, 0.2) is 24.3 Å². The average Bonchev–Trinajstić information content (AvgIpc) is 2.45. The number of morpholine rings is 1. The van der Waals surface area contributed by atoms with E-state index >= 15 is 0 Å². The van der Waals surface area contributed by atoms with Crippen molar-refractivity contribution in [2.45, 2.75) is 0 Å². The van der Waals surface area contributed by atoms with Gasteiger partial charge in [0.15, 0.2) is 0 Å². The second kappa shape index (κ2) is 7.47.